The van der Waals surface area contributed by atoms with Crippen LogP contribution in [0.4, 0.5) is 0 Å². The second-order valence-corrected chi connectivity index (χ2v) is 4.36. The molecule has 0 aliphatic rings. The zero-order valence-corrected chi connectivity index (χ0v) is 8.64. The normalized spacial score (nSPS) is 13.1. The summed E-state index contributed by atoms with van der Waals surface area (Å²) in [6.45, 7) is 11.5. The van der Waals surface area contributed by atoms with Crippen LogP contribution in [0.25, 0.3) is 0 Å². The van der Waals surface area contributed by atoms with Crippen molar-refractivity contribution >= 4 is 0 Å². The predicted molar refractivity (Wildman–Crippen MR) is 48.3 cm³/mol. The fourth-order valence-electron chi connectivity index (χ4n) is 0.455. The molecule has 11 heavy (non-hydrogen) atoms. The van der Waals surface area contributed by atoms with Crippen molar-refractivity contribution in [2.45, 2.75) is 40.2 Å². The zero-order chi connectivity index (χ0) is 9.07. The lowest BCUT2D eigenvalue weighted by Crippen LogP contribution is -2.38. The fraction of sp³-hybridized carbons (Fsp3) is 1.00. The molecule has 0 bridgehead atoms. The maximum atomic E-state index is 5.50. The van der Waals surface area contributed by atoms with Crippen LogP contribution in [-0.2, 0) is 4.84 Å². The summed E-state index contributed by atoms with van der Waals surface area (Å²) in [7, 11) is 1.97. The average molecular weight is 159 g/mol. The molecule has 0 heterocycles. The van der Waals surface area contributed by atoms with Crippen molar-refractivity contribution in [3.05, 3.63) is 0 Å². The summed E-state index contributed by atoms with van der Waals surface area (Å²) >= 11 is 0. The topological polar surface area (TPSA) is 12.5 Å². The lowest BCUT2D eigenvalue weighted by molar-refractivity contribution is -0.197. The van der Waals surface area contributed by atoms with Crippen molar-refractivity contribution in [3.8, 4) is 0 Å². The van der Waals surface area contributed by atoms with Gasteiger partial charge in [-0.2, -0.15) is 5.06 Å². The third-order valence-corrected chi connectivity index (χ3v) is 1.55. The van der Waals surface area contributed by atoms with E-state index in [0.717, 1.165) is 6.61 Å². The van der Waals surface area contributed by atoms with Crippen LogP contribution in [0.3, 0.4) is 0 Å². The highest BCUT2D eigenvalue weighted by molar-refractivity contribution is 4.65. The molecule has 0 aliphatic heterocycles. The highest BCUT2D eigenvalue weighted by atomic mass is 16.7. The van der Waals surface area contributed by atoms with Crippen LogP contribution < -0.4 is 0 Å². The van der Waals surface area contributed by atoms with Gasteiger partial charge in [0.1, 0.15) is 0 Å². The van der Waals surface area contributed by atoms with Crippen LogP contribution in [0.2, 0.25) is 0 Å². The van der Waals surface area contributed by atoms with E-state index in [0.29, 0.717) is 5.92 Å². The van der Waals surface area contributed by atoms with E-state index in [-0.39, 0.29) is 5.54 Å². The number of hydroxylamine groups is 2. The summed E-state index contributed by atoms with van der Waals surface area (Å²) in [5, 5.41) is 1.91. The van der Waals surface area contributed by atoms with Crippen LogP contribution in [0, 0.1) is 5.92 Å². The van der Waals surface area contributed by atoms with Gasteiger partial charge >= 0.3 is 0 Å². The summed E-state index contributed by atoms with van der Waals surface area (Å²) in [5.41, 5.74) is 0.106. The third-order valence-electron chi connectivity index (χ3n) is 1.55. The van der Waals surface area contributed by atoms with E-state index < -0.39 is 0 Å². The maximum Gasteiger partial charge on any atom is 0.0708 e. The monoisotopic (exact) mass is 159 g/mol. The molecule has 0 aliphatic carbocycles. The van der Waals surface area contributed by atoms with Crippen molar-refractivity contribution in [1.82, 2.24) is 5.06 Å². The molecular formula is C9H21NO. The van der Waals surface area contributed by atoms with Crippen molar-refractivity contribution in [3.63, 3.8) is 0 Å². The van der Waals surface area contributed by atoms with Crippen molar-refractivity contribution in [2.24, 2.45) is 5.92 Å². The smallest absolute Gasteiger partial charge is 0.0708 e. The summed E-state index contributed by atoms with van der Waals surface area (Å²) in [6.07, 6.45) is 0. The number of hydrogen-bond acceptors (Lipinski definition) is 2. The first kappa shape index (κ1) is 10.9. The Bertz CT molecular complexity index is 105. The Hall–Kier alpha value is -0.0800. The summed E-state index contributed by atoms with van der Waals surface area (Å²) in [6, 6.07) is 0. The van der Waals surface area contributed by atoms with Gasteiger partial charge in [0, 0.05) is 12.6 Å². The Morgan fingerprint density at radius 2 is 1.73 bits per heavy atom. The largest absolute Gasteiger partial charge is 0.298 e. The van der Waals surface area contributed by atoms with Crippen LogP contribution in [0.15, 0.2) is 0 Å². The Labute approximate surface area is 70.5 Å². The minimum absolute atomic E-state index is 0.106. The second kappa shape index (κ2) is 4.07. The van der Waals surface area contributed by atoms with E-state index in [1.807, 2.05) is 12.1 Å². The molecule has 0 fully saturated rings. The van der Waals surface area contributed by atoms with Crippen molar-refractivity contribution in [2.75, 3.05) is 13.7 Å². The van der Waals surface area contributed by atoms with Gasteiger partial charge in [0.15, 0.2) is 0 Å². The van der Waals surface area contributed by atoms with Gasteiger partial charge in [-0.25, -0.2) is 0 Å². The highest BCUT2D eigenvalue weighted by Gasteiger charge is 2.17. The van der Waals surface area contributed by atoms with Gasteiger partial charge in [0.25, 0.3) is 0 Å². The van der Waals surface area contributed by atoms with Crippen molar-refractivity contribution < 1.29 is 4.84 Å². The van der Waals surface area contributed by atoms with Crippen LogP contribution in [0.1, 0.15) is 34.6 Å². The first-order chi connectivity index (χ1) is 4.84. The zero-order valence-electron chi connectivity index (χ0n) is 8.64. The molecule has 0 spiro atoms. The van der Waals surface area contributed by atoms with Crippen LogP contribution in [-0.4, -0.2) is 24.3 Å². The molecule has 0 saturated carbocycles. The Kier molecular flexibility index (Phi) is 4.04. The Balaban J connectivity index is 3.61. The molecule has 0 unspecified atom stereocenters. The molecule has 0 aromatic carbocycles. The third kappa shape index (κ3) is 5.22. The van der Waals surface area contributed by atoms with E-state index in [9.17, 15) is 0 Å². The van der Waals surface area contributed by atoms with E-state index in [1.165, 1.54) is 0 Å². The van der Waals surface area contributed by atoms with Gasteiger partial charge in [-0.05, 0) is 26.7 Å². The van der Waals surface area contributed by atoms with Crippen LogP contribution >= 0.6 is 0 Å². The molecule has 0 aromatic rings. The molecule has 0 atom stereocenters. The SMILES string of the molecule is CC(C)CON(C)C(C)(C)C. The minimum Gasteiger partial charge on any atom is -0.298 e. The minimum atomic E-state index is 0.106. The van der Waals surface area contributed by atoms with Gasteiger partial charge in [-0.1, -0.05) is 13.8 Å². The Morgan fingerprint density at radius 1 is 1.27 bits per heavy atom. The van der Waals surface area contributed by atoms with Crippen molar-refractivity contribution in [1.29, 1.82) is 0 Å². The summed E-state index contributed by atoms with van der Waals surface area (Å²) in [5.74, 6) is 0.597. The summed E-state index contributed by atoms with van der Waals surface area (Å²) < 4.78 is 0. The lowest BCUT2D eigenvalue weighted by atomic mass is 10.1. The molecule has 0 radical (unpaired) electrons. The fourth-order valence-corrected chi connectivity index (χ4v) is 0.455. The number of rotatable bonds is 3. The van der Waals surface area contributed by atoms with Gasteiger partial charge in [0.2, 0.25) is 0 Å². The molecule has 0 N–H and O–H groups in total. The van der Waals surface area contributed by atoms with E-state index in [1.54, 1.807) is 0 Å². The van der Waals surface area contributed by atoms with E-state index in [4.69, 9.17) is 4.84 Å². The quantitative estimate of drug-likeness (QED) is 0.586. The number of nitrogens with zero attached hydrogens (tertiary/aromatic N) is 1. The molecule has 0 rings (SSSR count). The predicted octanol–water partition coefficient (Wildman–Crippen LogP) is 2.30. The second-order valence-electron chi connectivity index (χ2n) is 4.36. The first-order valence-electron chi connectivity index (χ1n) is 4.21. The molecule has 68 valence electrons. The van der Waals surface area contributed by atoms with E-state index in [2.05, 4.69) is 34.6 Å². The molecule has 0 aromatic heterocycles. The van der Waals surface area contributed by atoms with Gasteiger partial charge in [-0.15, -0.1) is 0 Å². The average Bonchev–Trinajstić information content (AvgIpc) is 1.80. The highest BCUT2D eigenvalue weighted by Crippen LogP contribution is 2.11. The first-order valence-corrected chi connectivity index (χ1v) is 4.21. The van der Waals surface area contributed by atoms with Gasteiger partial charge in [0.05, 0.1) is 6.61 Å². The number of hydrogen-bond donors (Lipinski definition) is 0. The molecule has 2 nitrogen and oxygen atoms in total. The molecule has 0 saturated heterocycles. The van der Waals surface area contributed by atoms with Crippen LogP contribution in [0.5, 0.6) is 0 Å². The molecule has 0 amide bonds. The standard InChI is InChI=1S/C9H21NO/c1-8(2)7-11-10(6)9(3,4)5/h8H,7H2,1-6H3. The lowest BCUT2D eigenvalue weighted by Gasteiger charge is -2.31. The van der Waals surface area contributed by atoms with E-state index >= 15 is 0 Å². The summed E-state index contributed by atoms with van der Waals surface area (Å²) in [4.78, 5) is 5.50. The molecule has 2 heteroatoms. The van der Waals surface area contributed by atoms with Gasteiger partial charge < -0.3 is 0 Å². The Morgan fingerprint density at radius 3 is 2.00 bits per heavy atom. The molecular weight excluding hydrogens is 138 g/mol. The van der Waals surface area contributed by atoms with Gasteiger partial charge in [-0.3, -0.25) is 4.84 Å². The maximum absolute atomic E-state index is 5.50.